The van der Waals surface area contributed by atoms with Gasteiger partial charge in [-0.15, -0.1) is 11.3 Å². The number of carbonyl (C=O) groups excluding carboxylic acids is 1. The number of aromatic nitrogens is 1. The van der Waals surface area contributed by atoms with Crippen LogP contribution in [0.5, 0.6) is 0 Å². The number of thiazole rings is 1. The van der Waals surface area contributed by atoms with Crippen molar-refractivity contribution in [3.63, 3.8) is 0 Å². The van der Waals surface area contributed by atoms with Gasteiger partial charge in [-0.05, 0) is 13.8 Å². The van der Waals surface area contributed by atoms with Crippen molar-refractivity contribution in [1.82, 2.24) is 10.3 Å². The molecule has 0 bridgehead atoms. The minimum atomic E-state index is -0.307. The average molecular weight is 214 g/mol. The molecule has 0 aromatic carbocycles. The van der Waals surface area contributed by atoms with E-state index in [0.717, 1.165) is 5.01 Å². The molecule has 1 unspecified atom stereocenters. The first-order valence-corrected chi connectivity index (χ1v) is 5.26. The van der Waals surface area contributed by atoms with Crippen molar-refractivity contribution in [3.05, 3.63) is 16.6 Å². The SMILES string of the molecule is COC(=O)[C@H](C)NC(C)c1nccs1. The lowest BCUT2D eigenvalue weighted by Gasteiger charge is -2.15. The molecule has 0 saturated heterocycles. The fraction of sp³-hybridized carbons (Fsp3) is 0.556. The van der Waals surface area contributed by atoms with E-state index < -0.39 is 0 Å². The monoisotopic (exact) mass is 214 g/mol. The second kappa shape index (κ2) is 5.07. The average Bonchev–Trinajstić information content (AvgIpc) is 2.69. The first-order chi connectivity index (χ1) is 6.65. The van der Waals surface area contributed by atoms with E-state index in [2.05, 4.69) is 15.0 Å². The predicted molar refractivity (Wildman–Crippen MR) is 55.1 cm³/mol. The van der Waals surface area contributed by atoms with E-state index in [0.29, 0.717) is 0 Å². The first kappa shape index (κ1) is 11.1. The minimum absolute atomic E-state index is 0.0732. The molecule has 0 aliphatic rings. The standard InChI is InChI=1S/C9H14N2O2S/c1-6(8-10-4-5-14-8)11-7(2)9(12)13-3/h4-7,11H,1-3H3/t6?,7-/m0/s1. The van der Waals surface area contributed by atoms with E-state index in [9.17, 15) is 4.79 Å². The molecule has 1 aromatic rings. The van der Waals surface area contributed by atoms with Crippen molar-refractivity contribution in [1.29, 1.82) is 0 Å². The highest BCUT2D eigenvalue weighted by Gasteiger charge is 2.17. The van der Waals surface area contributed by atoms with E-state index >= 15 is 0 Å². The van der Waals surface area contributed by atoms with Gasteiger partial charge in [0.2, 0.25) is 0 Å². The molecule has 0 saturated carbocycles. The van der Waals surface area contributed by atoms with Crippen LogP contribution in [0.1, 0.15) is 24.9 Å². The van der Waals surface area contributed by atoms with Crippen LogP contribution in [0, 0.1) is 0 Å². The molecule has 0 spiro atoms. The Hall–Kier alpha value is -0.940. The molecule has 1 rings (SSSR count). The maximum absolute atomic E-state index is 11.1. The Morgan fingerprint density at radius 3 is 2.86 bits per heavy atom. The van der Waals surface area contributed by atoms with Gasteiger partial charge in [0.1, 0.15) is 11.0 Å². The Bertz CT molecular complexity index is 287. The summed E-state index contributed by atoms with van der Waals surface area (Å²) in [4.78, 5) is 15.3. The normalized spacial score (nSPS) is 14.8. The molecule has 0 fully saturated rings. The lowest BCUT2D eigenvalue weighted by Crippen LogP contribution is -2.36. The maximum Gasteiger partial charge on any atom is 0.322 e. The molecule has 4 nitrogen and oxygen atoms in total. The third-order valence-electron chi connectivity index (χ3n) is 1.88. The van der Waals surface area contributed by atoms with Crippen molar-refractivity contribution in [2.24, 2.45) is 0 Å². The smallest absolute Gasteiger partial charge is 0.322 e. The fourth-order valence-electron chi connectivity index (χ4n) is 1.14. The van der Waals surface area contributed by atoms with Crippen molar-refractivity contribution in [2.75, 3.05) is 7.11 Å². The summed E-state index contributed by atoms with van der Waals surface area (Å²) in [5, 5.41) is 5.99. The molecule has 1 heterocycles. The fourth-order valence-corrected chi connectivity index (χ4v) is 1.79. The lowest BCUT2D eigenvalue weighted by atomic mass is 10.2. The topological polar surface area (TPSA) is 51.2 Å². The molecule has 0 amide bonds. The highest BCUT2D eigenvalue weighted by Crippen LogP contribution is 2.15. The Morgan fingerprint density at radius 1 is 1.64 bits per heavy atom. The van der Waals surface area contributed by atoms with Gasteiger partial charge in [0.25, 0.3) is 0 Å². The molecule has 0 radical (unpaired) electrons. The van der Waals surface area contributed by atoms with Crippen LogP contribution >= 0.6 is 11.3 Å². The van der Waals surface area contributed by atoms with Gasteiger partial charge in [-0.1, -0.05) is 0 Å². The van der Waals surface area contributed by atoms with Crippen molar-refractivity contribution in [3.8, 4) is 0 Å². The molecule has 14 heavy (non-hydrogen) atoms. The molecule has 78 valence electrons. The number of nitrogens with one attached hydrogen (secondary N) is 1. The first-order valence-electron chi connectivity index (χ1n) is 4.38. The molecular weight excluding hydrogens is 200 g/mol. The van der Waals surface area contributed by atoms with Crippen LogP contribution in [-0.2, 0) is 9.53 Å². The highest BCUT2D eigenvalue weighted by molar-refractivity contribution is 7.09. The number of rotatable bonds is 4. The van der Waals surface area contributed by atoms with Crippen LogP contribution in [-0.4, -0.2) is 24.1 Å². The third kappa shape index (κ3) is 2.78. The van der Waals surface area contributed by atoms with Gasteiger partial charge >= 0.3 is 5.97 Å². The highest BCUT2D eigenvalue weighted by atomic mass is 32.1. The predicted octanol–water partition coefficient (Wildman–Crippen LogP) is 1.36. The molecule has 5 heteroatoms. The molecule has 2 atom stereocenters. The van der Waals surface area contributed by atoms with Gasteiger partial charge in [-0.2, -0.15) is 0 Å². The summed E-state index contributed by atoms with van der Waals surface area (Å²) < 4.78 is 4.61. The van der Waals surface area contributed by atoms with E-state index in [-0.39, 0.29) is 18.1 Å². The van der Waals surface area contributed by atoms with Gasteiger partial charge in [-0.25, -0.2) is 4.98 Å². The summed E-state index contributed by atoms with van der Waals surface area (Å²) in [5.41, 5.74) is 0. The lowest BCUT2D eigenvalue weighted by molar-refractivity contribution is -0.142. The molecule has 0 aliphatic carbocycles. The van der Waals surface area contributed by atoms with E-state index in [1.165, 1.54) is 7.11 Å². The van der Waals surface area contributed by atoms with Crippen molar-refractivity contribution >= 4 is 17.3 Å². The van der Waals surface area contributed by atoms with Crippen molar-refractivity contribution < 1.29 is 9.53 Å². The van der Waals surface area contributed by atoms with Crippen LogP contribution in [0.2, 0.25) is 0 Å². The number of nitrogens with zero attached hydrogens (tertiary/aromatic N) is 1. The largest absolute Gasteiger partial charge is 0.468 e. The van der Waals surface area contributed by atoms with E-state index in [1.807, 2.05) is 12.3 Å². The van der Waals surface area contributed by atoms with Crippen LogP contribution in [0.25, 0.3) is 0 Å². The van der Waals surface area contributed by atoms with Crippen LogP contribution < -0.4 is 5.32 Å². The van der Waals surface area contributed by atoms with Gasteiger partial charge in [0.15, 0.2) is 0 Å². The second-order valence-electron chi connectivity index (χ2n) is 3.00. The second-order valence-corrected chi connectivity index (χ2v) is 3.93. The van der Waals surface area contributed by atoms with E-state index in [1.54, 1.807) is 24.5 Å². The molecular formula is C9H14N2O2S. The number of methoxy groups -OCH3 is 1. The maximum atomic E-state index is 11.1. The van der Waals surface area contributed by atoms with E-state index in [4.69, 9.17) is 0 Å². The Labute approximate surface area is 87.3 Å². The molecule has 0 aliphatic heterocycles. The summed E-state index contributed by atoms with van der Waals surface area (Å²) in [6.45, 7) is 3.74. The summed E-state index contributed by atoms with van der Waals surface area (Å²) in [6, 6.07) is -0.233. The number of esters is 1. The summed E-state index contributed by atoms with van der Waals surface area (Å²) in [5.74, 6) is -0.256. The Morgan fingerprint density at radius 2 is 2.36 bits per heavy atom. The van der Waals surface area contributed by atoms with Gasteiger partial charge < -0.3 is 4.74 Å². The molecule has 1 N–H and O–H groups in total. The number of carbonyl (C=O) groups is 1. The Balaban J connectivity index is 2.49. The summed E-state index contributed by atoms with van der Waals surface area (Å²) in [6.07, 6.45) is 1.75. The summed E-state index contributed by atoms with van der Waals surface area (Å²) in [7, 11) is 1.38. The zero-order valence-corrected chi connectivity index (χ0v) is 9.30. The number of hydrogen-bond donors (Lipinski definition) is 1. The van der Waals surface area contributed by atoms with Crippen LogP contribution in [0.15, 0.2) is 11.6 Å². The molecule has 1 aromatic heterocycles. The minimum Gasteiger partial charge on any atom is -0.468 e. The van der Waals surface area contributed by atoms with Crippen molar-refractivity contribution in [2.45, 2.75) is 25.9 Å². The van der Waals surface area contributed by atoms with Crippen LogP contribution in [0.3, 0.4) is 0 Å². The number of hydrogen-bond acceptors (Lipinski definition) is 5. The van der Waals surface area contributed by atoms with Gasteiger partial charge in [0, 0.05) is 11.6 Å². The zero-order valence-electron chi connectivity index (χ0n) is 8.48. The Kier molecular flexibility index (Phi) is 4.03. The zero-order chi connectivity index (χ0) is 10.6. The van der Waals surface area contributed by atoms with Gasteiger partial charge in [0.05, 0.1) is 13.2 Å². The quantitative estimate of drug-likeness (QED) is 0.769. The van der Waals surface area contributed by atoms with Gasteiger partial charge in [-0.3, -0.25) is 10.1 Å². The third-order valence-corrected chi connectivity index (χ3v) is 2.83. The number of ether oxygens (including phenoxy) is 1. The summed E-state index contributed by atoms with van der Waals surface area (Å²) >= 11 is 1.57. The van der Waals surface area contributed by atoms with Crippen LogP contribution in [0.4, 0.5) is 0 Å².